The fourth-order valence-corrected chi connectivity index (χ4v) is 1.89. The monoisotopic (exact) mass is 275 g/mol. The third kappa shape index (κ3) is 3.45. The van der Waals surface area contributed by atoms with Crippen LogP contribution in [0, 0.1) is 28.4 Å². The zero-order valence-electron chi connectivity index (χ0n) is 11.5. The number of hydrogen-bond donors (Lipinski definition) is 1. The molecule has 0 spiro atoms. The van der Waals surface area contributed by atoms with E-state index in [9.17, 15) is 15.4 Å². The number of nitro benzene ring substituents is 1. The number of ether oxygens (including phenoxy) is 1. The van der Waals surface area contributed by atoms with Crippen LogP contribution in [0.2, 0.25) is 0 Å². The van der Waals surface area contributed by atoms with Gasteiger partial charge < -0.3 is 4.74 Å². The van der Waals surface area contributed by atoms with Crippen LogP contribution in [0.15, 0.2) is 18.2 Å². The summed E-state index contributed by atoms with van der Waals surface area (Å²) in [4.78, 5) is 10.5. The van der Waals surface area contributed by atoms with E-state index >= 15 is 0 Å². The predicted molar refractivity (Wildman–Crippen MR) is 73.5 cm³/mol. The normalized spacial score (nSPS) is 17.1. The van der Waals surface area contributed by atoms with Crippen molar-refractivity contribution < 1.29 is 9.66 Å². The summed E-state index contributed by atoms with van der Waals surface area (Å²) in [7, 11) is 0. The second-order valence-corrected chi connectivity index (χ2v) is 5.38. The molecular formula is C14H17N3O3. The molecule has 0 amide bonds. The minimum Gasteiger partial charge on any atom is -0.484 e. The molecule has 1 atom stereocenters. The van der Waals surface area contributed by atoms with E-state index in [1.54, 1.807) is 19.1 Å². The molecular weight excluding hydrogens is 258 g/mol. The number of hydrogen-bond acceptors (Lipinski definition) is 5. The van der Waals surface area contributed by atoms with E-state index in [1.165, 1.54) is 6.07 Å². The van der Waals surface area contributed by atoms with Crippen molar-refractivity contribution in [3.05, 3.63) is 33.9 Å². The van der Waals surface area contributed by atoms with Gasteiger partial charge in [-0.05, 0) is 38.3 Å². The molecule has 0 bridgehead atoms. The first-order valence-electron chi connectivity index (χ1n) is 6.50. The summed E-state index contributed by atoms with van der Waals surface area (Å²) >= 11 is 0. The van der Waals surface area contributed by atoms with Crippen molar-refractivity contribution in [1.82, 2.24) is 5.32 Å². The predicted octanol–water partition coefficient (Wildman–Crippen LogP) is 2.32. The van der Waals surface area contributed by atoms with Crippen LogP contribution in [-0.4, -0.2) is 23.1 Å². The molecule has 0 radical (unpaired) electrons. The molecule has 1 aliphatic carbocycles. The second-order valence-electron chi connectivity index (χ2n) is 5.38. The summed E-state index contributed by atoms with van der Waals surface area (Å²) in [6, 6.07) is 7.24. The van der Waals surface area contributed by atoms with Gasteiger partial charge in [-0.25, -0.2) is 0 Å². The Balaban J connectivity index is 2.11. The minimum atomic E-state index is -0.835. The lowest BCUT2D eigenvalue weighted by Crippen LogP contribution is -2.47. The highest BCUT2D eigenvalue weighted by molar-refractivity contribution is 5.48. The van der Waals surface area contributed by atoms with Crippen LogP contribution < -0.4 is 10.1 Å². The maximum absolute atomic E-state index is 11.0. The molecule has 0 aromatic heterocycles. The summed E-state index contributed by atoms with van der Waals surface area (Å²) in [5.41, 5.74) is -0.0413. The number of benzene rings is 1. The first kappa shape index (κ1) is 14.3. The van der Waals surface area contributed by atoms with Gasteiger partial charge in [0.1, 0.15) is 12.1 Å². The topological polar surface area (TPSA) is 88.2 Å². The molecule has 2 rings (SSSR count). The minimum absolute atomic E-state index is 0.0737. The Kier molecular flexibility index (Phi) is 3.91. The summed E-state index contributed by atoms with van der Waals surface area (Å²) in [5.74, 6) is 0.203. The molecule has 0 heterocycles. The van der Waals surface area contributed by atoms with Gasteiger partial charge in [-0.3, -0.25) is 15.4 Å². The van der Waals surface area contributed by atoms with Crippen LogP contribution in [0.5, 0.6) is 5.75 Å². The van der Waals surface area contributed by atoms with Crippen molar-refractivity contribution in [3.8, 4) is 11.8 Å². The van der Waals surface area contributed by atoms with Gasteiger partial charge in [0.05, 0.1) is 11.0 Å². The van der Waals surface area contributed by atoms with Crippen LogP contribution in [0.4, 0.5) is 5.69 Å². The van der Waals surface area contributed by atoms with Crippen molar-refractivity contribution in [2.75, 3.05) is 6.61 Å². The summed E-state index contributed by atoms with van der Waals surface area (Å²) in [6.45, 7) is 3.65. The average molecular weight is 275 g/mol. The van der Waals surface area contributed by atoms with Crippen LogP contribution in [0.1, 0.15) is 25.3 Å². The molecule has 1 unspecified atom stereocenters. The molecule has 6 nitrogen and oxygen atoms in total. The third-order valence-electron chi connectivity index (χ3n) is 3.18. The Morgan fingerprint density at radius 3 is 2.85 bits per heavy atom. The molecule has 1 aromatic carbocycles. The standard InChI is InChI=1S/C14H17N3O3/c1-10-3-6-12(17(18)19)13(7-10)20-9-14(2,8-15)16-11-4-5-11/h3,6-7,11,16H,4-5,9H2,1-2H3. The Bertz CT molecular complexity index is 563. The van der Waals surface area contributed by atoms with Crippen molar-refractivity contribution in [1.29, 1.82) is 5.26 Å². The SMILES string of the molecule is Cc1ccc([N+](=O)[O-])c(OCC(C)(C#N)NC2CC2)c1. The number of nitrogens with zero attached hydrogens (tertiary/aromatic N) is 2. The number of nitro groups is 1. The number of nitriles is 1. The number of aryl methyl sites for hydroxylation is 1. The van der Waals surface area contributed by atoms with E-state index in [0.29, 0.717) is 6.04 Å². The maximum Gasteiger partial charge on any atom is 0.310 e. The van der Waals surface area contributed by atoms with Crippen molar-refractivity contribution in [2.45, 2.75) is 38.3 Å². The highest BCUT2D eigenvalue weighted by Gasteiger charge is 2.33. The number of rotatable bonds is 6. The van der Waals surface area contributed by atoms with E-state index < -0.39 is 10.5 Å². The van der Waals surface area contributed by atoms with Crippen LogP contribution in [-0.2, 0) is 0 Å². The van der Waals surface area contributed by atoms with E-state index in [4.69, 9.17) is 4.74 Å². The molecule has 1 saturated carbocycles. The Morgan fingerprint density at radius 1 is 1.60 bits per heavy atom. The third-order valence-corrected chi connectivity index (χ3v) is 3.18. The zero-order valence-corrected chi connectivity index (χ0v) is 11.5. The van der Waals surface area contributed by atoms with E-state index in [0.717, 1.165) is 18.4 Å². The molecule has 0 saturated heterocycles. The van der Waals surface area contributed by atoms with Crippen molar-refractivity contribution in [3.63, 3.8) is 0 Å². The van der Waals surface area contributed by atoms with E-state index in [2.05, 4.69) is 11.4 Å². The van der Waals surface area contributed by atoms with Gasteiger partial charge in [0.25, 0.3) is 0 Å². The highest BCUT2D eigenvalue weighted by atomic mass is 16.6. The zero-order chi connectivity index (χ0) is 14.8. The molecule has 1 fully saturated rings. The average Bonchev–Trinajstić information content (AvgIpc) is 3.20. The lowest BCUT2D eigenvalue weighted by molar-refractivity contribution is -0.385. The van der Waals surface area contributed by atoms with Gasteiger partial charge in [0, 0.05) is 12.1 Å². The molecule has 20 heavy (non-hydrogen) atoms. The summed E-state index contributed by atoms with van der Waals surface area (Å²) in [6.07, 6.45) is 2.11. The van der Waals surface area contributed by atoms with Gasteiger partial charge >= 0.3 is 5.69 Å². The first-order valence-corrected chi connectivity index (χ1v) is 6.50. The summed E-state index contributed by atoms with van der Waals surface area (Å²) in [5, 5.41) is 23.4. The van der Waals surface area contributed by atoms with Gasteiger partial charge in [0.2, 0.25) is 0 Å². The van der Waals surface area contributed by atoms with Crippen LogP contribution in [0.25, 0.3) is 0 Å². The molecule has 1 N–H and O–H groups in total. The fraction of sp³-hybridized carbons (Fsp3) is 0.500. The molecule has 1 aromatic rings. The van der Waals surface area contributed by atoms with Crippen LogP contribution in [0.3, 0.4) is 0 Å². The molecule has 1 aliphatic rings. The van der Waals surface area contributed by atoms with Gasteiger partial charge in [-0.15, -0.1) is 0 Å². The second kappa shape index (κ2) is 5.47. The quantitative estimate of drug-likeness (QED) is 0.635. The molecule has 0 aliphatic heterocycles. The fourth-order valence-electron chi connectivity index (χ4n) is 1.89. The lowest BCUT2D eigenvalue weighted by atomic mass is 10.1. The maximum atomic E-state index is 11.0. The Labute approximate surface area is 117 Å². The summed E-state index contributed by atoms with van der Waals surface area (Å²) < 4.78 is 5.54. The molecule has 106 valence electrons. The van der Waals surface area contributed by atoms with E-state index in [-0.39, 0.29) is 18.0 Å². The van der Waals surface area contributed by atoms with Crippen LogP contribution >= 0.6 is 0 Å². The van der Waals surface area contributed by atoms with Gasteiger partial charge in [-0.1, -0.05) is 6.07 Å². The first-order chi connectivity index (χ1) is 9.43. The Morgan fingerprint density at radius 2 is 2.30 bits per heavy atom. The van der Waals surface area contributed by atoms with E-state index in [1.807, 2.05) is 6.92 Å². The van der Waals surface area contributed by atoms with Crippen molar-refractivity contribution in [2.24, 2.45) is 0 Å². The smallest absolute Gasteiger partial charge is 0.310 e. The highest BCUT2D eigenvalue weighted by Crippen LogP contribution is 2.29. The van der Waals surface area contributed by atoms with Crippen molar-refractivity contribution >= 4 is 5.69 Å². The Hall–Kier alpha value is -2.13. The lowest BCUT2D eigenvalue weighted by Gasteiger charge is -2.23. The number of nitrogens with one attached hydrogen (secondary N) is 1. The van der Waals surface area contributed by atoms with Gasteiger partial charge in [-0.2, -0.15) is 5.26 Å². The van der Waals surface area contributed by atoms with Gasteiger partial charge in [0.15, 0.2) is 5.75 Å². The largest absolute Gasteiger partial charge is 0.484 e. The molecule has 6 heteroatoms.